The third-order valence-corrected chi connectivity index (χ3v) is 2.73. The molecule has 1 aromatic rings. The average molecular weight is 266 g/mol. The topological polar surface area (TPSA) is 84.6 Å². The summed E-state index contributed by atoms with van der Waals surface area (Å²) in [7, 11) is 0. The largest absolute Gasteiger partial charge is 0.494 e. The van der Waals surface area contributed by atoms with E-state index in [4.69, 9.17) is 10.5 Å². The van der Waals surface area contributed by atoms with Crippen LogP contribution in [0.25, 0.3) is 0 Å². The molecule has 0 aromatic heterocycles. The highest BCUT2D eigenvalue weighted by molar-refractivity contribution is 5.94. The fourth-order valence-corrected chi connectivity index (χ4v) is 1.75. The van der Waals surface area contributed by atoms with E-state index in [0.29, 0.717) is 30.0 Å². The monoisotopic (exact) mass is 266 g/mol. The van der Waals surface area contributed by atoms with Crippen molar-refractivity contribution in [3.8, 4) is 5.75 Å². The van der Waals surface area contributed by atoms with Crippen LogP contribution in [0.3, 0.4) is 0 Å². The van der Waals surface area contributed by atoms with Crippen molar-refractivity contribution in [2.75, 3.05) is 11.9 Å². The van der Waals surface area contributed by atoms with E-state index < -0.39 is 6.04 Å². The van der Waals surface area contributed by atoms with E-state index in [1.165, 1.54) is 0 Å². The first kappa shape index (κ1) is 15.5. The molecule has 0 aliphatic rings. The number of aliphatic hydroxyl groups excluding tert-OH is 1. The zero-order valence-corrected chi connectivity index (χ0v) is 11.5. The van der Waals surface area contributed by atoms with Crippen molar-refractivity contribution >= 4 is 11.6 Å². The van der Waals surface area contributed by atoms with Crippen molar-refractivity contribution in [1.29, 1.82) is 0 Å². The van der Waals surface area contributed by atoms with E-state index >= 15 is 0 Å². The summed E-state index contributed by atoms with van der Waals surface area (Å²) in [6.07, 6.45) is 1.51. The molecule has 0 bridgehead atoms. The van der Waals surface area contributed by atoms with Crippen molar-refractivity contribution < 1.29 is 14.6 Å². The number of carbonyl (C=O) groups is 1. The molecule has 0 aliphatic carbocycles. The first-order valence-corrected chi connectivity index (χ1v) is 6.55. The van der Waals surface area contributed by atoms with Crippen LogP contribution in [0.5, 0.6) is 5.75 Å². The maximum atomic E-state index is 11.8. The molecule has 1 rings (SSSR count). The summed E-state index contributed by atoms with van der Waals surface area (Å²) in [5, 5.41) is 12.0. The number of ether oxygens (including phenoxy) is 1. The van der Waals surface area contributed by atoms with E-state index in [0.717, 1.165) is 6.42 Å². The Labute approximate surface area is 113 Å². The van der Waals surface area contributed by atoms with Crippen LogP contribution in [0.2, 0.25) is 0 Å². The van der Waals surface area contributed by atoms with Gasteiger partial charge < -0.3 is 20.9 Å². The zero-order valence-electron chi connectivity index (χ0n) is 11.5. The van der Waals surface area contributed by atoms with Gasteiger partial charge in [-0.1, -0.05) is 13.3 Å². The minimum absolute atomic E-state index is 0.139. The maximum absolute atomic E-state index is 11.8. The van der Waals surface area contributed by atoms with E-state index in [9.17, 15) is 9.90 Å². The number of rotatable bonds is 7. The molecule has 0 fully saturated rings. The van der Waals surface area contributed by atoms with Crippen molar-refractivity contribution in [3.63, 3.8) is 0 Å². The molecule has 0 unspecified atom stereocenters. The molecule has 106 valence electrons. The summed E-state index contributed by atoms with van der Waals surface area (Å²) in [6.45, 7) is 4.24. The van der Waals surface area contributed by atoms with E-state index in [2.05, 4.69) is 5.32 Å². The highest BCUT2D eigenvalue weighted by atomic mass is 16.5. The Morgan fingerprint density at radius 3 is 2.79 bits per heavy atom. The minimum atomic E-state index is -0.505. The van der Waals surface area contributed by atoms with Crippen LogP contribution < -0.4 is 15.8 Å². The van der Waals surface area contributed by atoms with Crippen LogP contribution in [0.4, 0.5) is 5.69 Å². The molecule has 19 heavy (non-hydrogen) atoms. The average Bonchev–Trinajstić information content (AvgIpc) is 2.41. The van der Waals surface area contributed by atoms with Crippen molar-refractivity contribution in [2.45, 2.75) is 39.3 Å². The zero-order chi connectivity index (χ0) is 14.3. The van der Waals surface area contributed by atoms with Gasteiger partial charge in [0.15, 0.2) is 0 Å². The summed E-state index contributed by atoms with van der Waals surface area (Å²) in [6, 6.07) is 4.66. The molecular formula is C14H22N2O3. The fraction of sp³-hybridized carbons (Fsp3) is 0.500. The predicted molar refractivity (Wildman–Crippen MR) is 75.0 cm³/mol. The number of hydrogen-bond donors (Lipinski definition) is 3. The Balaban J connectivity index is 2.76. The fourth-order valence-electron chi connectivity index (χ4n) is 1.75. The number of carbonyl (C=O) groups excluding carboxylic acids is 1. The van der Waals surface area contributed by atoms with Gasteiger partial charge in [-0.3, -0.25) is 4.79 Å². The van der Waals surface area contributed by atoms with Gasteiger partial charge in [-0.15, -0.1) is 0 Å². The molecule has 1 aromatic carbocycles. The second-order valence-corrected chi connectivity index (χ2v) is 4.30. The van der Waals surface area contributed by atoms with Gasteiger partial charge in [0.05, 0.1) is 19.3 Å². The molecule has 4 N–H and O–H groups in total. The SMILES string of the molecule is CCC[C@@H](N)C(=O)Nc1ccc(OCC)c(CO)c1. The molecule has 1 amide bonds. The highest BCUT2D eigenvalue weighted by Gasteiger charge is 2.13. The molecule has 0 aliphatic heterocycles. The van der Waals surface area contributed by atoms with Gasteiger partial charge >= 0.3 is 0 Å². The normalized spacial score (nSPS) is 12.0. The molecule has 0 spiro atoms. The predicted octanol–water partition coefficient (Wildman–Crippen LogP) is 1.64. The van der Waals surface area contributed by atoms with E-state index in [1.807, 2.05) is 13.8 Å². The van der Waals surface area contributed by atoms with Gasteiger partial charge in [-0.05, 0) is 31.5 Å². The maximum Gasteiger partial charge on any atom is 0.241 e. The second kappa shape index (κ2) is 7.76. The lowest BCUT2D eigenvalue weighted by Crippen LogP contribution is -2.35. The van der Waals surface area contributed by atoms with Crippen LogP contribution in [-0.4, -0.2) is 23.7 Å². The molecule has 0 radical (unpaired) electrons. The van der Waals surface area contributed by atoms with Crippen LogP contribution in [0, 0.1) is 0 Å². The minimum Gasteiger partial charge on any atom is -0.494 e. The van der Waals surface area contributed by atoms with Crippen molar-refractivity contribution in [2.24, 2.45) is 5.73 Å². The third kappa shape index (κ3) is 4.54. The van der Waals surface area contributed by atoms with Gasteiger partial charge in [0.1, 0.15) is 5.75 Å². The molecule has 5 heteroatoms. The summed E-state index contributed by atoms with van der Waals surface area (Å²) < 4.78 is 5.38. The highest BCUT2D eigenvalue weighted by Crippen LogP contribution is 2.23. The second-order valence-electron chi connectivity index (χ2n) is 4.30. The first-order valence-electron chi connectivity index (χ1n) is 6.55. The molecule has 0 heterocycles. The smallest absolute Gasteiger partial charge is 0.241 e. The molecule has 0 saturated heterocycles. The van der Waals surface area contributed by atoms with Gasteiger partial charge in [0, 0.05) is 11.3 Å². The lowest BCUT2D eigenvalue weighted by molar-refractivity contribution is -0.117. The molecule has 5 nitrogen and oxygen atoms in total. The van der Waals surface area contributed by atoms with Crippen LogP contribution in [0.1, 0.15) is 32.3 Å². The number of benzene rings is 1. The number of amides is 1. The Morgan fingerprint density at radius 2 is 2.21 bits per heavy atom. The third-order valence-electron chi connectivity index (χ3n) is 2.73. The lowest BCUT2D eigenvalue weighted by atomic mass is 10.1. The van der Waals surface area contributed by atoms with E-state index in [-0.39, 0.29) is 12.5 Å². The summed E-state index contributed by atoms with van der Waals surface area (Å²) >= 11 is 0. The molecule has 1 atom stereocenters. The first-order chi connectivity index (χ1) is 9.12. The van der Waals surface area contributed by atoms with Crippen LogP contribution >= 0.6 is 0 Å². The van der Waals surface area contributed by atoms with Crippen molar-refractivity contribution in [1.82, 2.24) is 0 Å². The van der Waals surface area contributed by atoms with Crippen LogP contribution in [-0.2, 0) is 11.4 Å². The van der Waals surface area contributed by atoms with Gasteiger partial charge in [-0.25, -0.2) is 0 Å². The van der Waals surface area contributed by atoms with Crippen LogP contribution in [0.15, 0.2) is 18.2 Å². The molecular weight excluding hydrogens is 244 g/mol. The summed E-state index contributed by atoms with van der Waals surface area (Å²) in [5.74, 6) is 0.413. The quantitative estimate of drug-likeness (QED) is 0.700. The Morgan fingerprint density at radius 1 is 1.47 bits per heavy atom. The standard InChI is InChI=1S/C14H22N2O3/c1-3-5-12(15)14(18)16-11-6-7-13(19-4-2)10(8-11)9-17/h6-8,12,17H,3-5,9,15H2,1-2H3,(H,16,18)/t12-/m1/s1. The van der Waals surface area contributed by atoms with Gasteiger partial charge in [-0.2, -0.15) is 0 Å². The summed E-state index contributed by atoms with van der Waals surface area (Å²) in [4.78, 5) is 11.8. The van der Waals surface area contributed by atoms with Gasteiger partial charge in [0.2, 0.25) is 5.91 Å². The number of nitrogens with one attached hydrogen (secondary N) is 1. The summed E-state index contributed by atoms with van der Waals surface area (Å²) in [5.41, 5.74) is 6.99. The number of nitrogens with two attached hydrogens (primary N) is 1. The lowest BCUT2D eigenvalue weighted by Gasteiger charge is -2.13. The van der Waals surface area contributed by atoms with E-state index in [1.54, 1.807) is 18.2 Å². The van der Waals surface area contributed by atoms with Crippen molar-refractivity contribution in [3.05, 3.63) is 23.8 Å². The Bertz CT molecular complexity index is 421. The number of aliphatic hydroxyl groups is 1. The number of anilines is 1. The number of hydrogen-bond acceptors (Lipinski definition) is 4. The molecule has 0 saturated carbocycles. The Hall–Kier alpha value is -1.59. The Kier molecular flexibility index (Phi) is 6.32. The van der Waals surface area contributed by atoms with Gasteiger partial charge in [0.25, 0.3) is 0 Å².